The van der Waals surface area contributed by atoms with Crippen LogP contribution in [0, 0.1) is 0 Å². The molecule has 3 aromatic rings. The molecule has 1 saturated carbocycles. The zero-order valence-corrected chi connectivity index (χ0v) is 24.5. The summed E-state index contributed by atoms with van der Waals surface area (Å²) in [7, 11) is -2.53. The average Bonchev–Trinajstić information content (AvgIpc) is 3.05. The summed E-state index contributed by atoms with van der Waals surface area (Å²) in [6.45, 7) is 0. The van der Waals surface area contributed by atoms with E-state index in [1.807, 2.05) is 0 Å². The molecule has 1 fully saturated rings. The molecule has 3 aromatic carbocycles. The van der Waals surface area contributed by atoms with Gasteiger partial charge in [-0.3, -0.25) is 0 Å². The molecule has 6 rings (SSSR count). The van der Waals surface area contributed by atoms with E-state index in [4.69, 9.17) is 0 Å². The van der Waals surface area contributed by atoms with Crippen molar-refractivity contribution >= 4 is 24.0 Å². The maximum atomic E-state index is 2.49. The molecule has 40 heavy (non-hydrogen) atoms. The molecular formula is C39H40Si. The van der Waals surface area contributed by atoms with E-state index in [0.717, 1.165) is 0 Å². The predicted octanol–water partition coefficient (Wildman–Crippen LogP) is 9.26. The lowest BCUT2D eigenvalue weighted by Crippen LogP contribution is -2.64. The van der Waals surface area contributed by atoms with Crippen LogP contribution < -0.4 is 10.4 Å². The van der Waals surface area contributed by atoms with Crippen molar-refractivity contribution in [3.8, 4) is 0 Å². The molecule has 2 aliphatic carbocycles. The van der Waals surface area contributed by atoms with Crippen LogP contribution in [0.2, 0.25) is 5.54 Å². The van der Waals surface area contributed by atoms with Crippen molar-refractivity contribution in [2.45, 2.75) is 56.4 Å². The van der Waals surface area contributed by atoms with Crippen molar-refractivity contribution < 1.29 is 0 Å². The lowest BCUT2D eigenvalue weighted by atomic mass is 9.85. The van der Waals surface area contributed by atoms with Crippen LogP contribution in [-0.4, -0.2) is 8.07 Å². The largest absolute Gasteiger partial charge is 0.152 e. The molecule has 200 valence electrons. The second kappa shape index (κ2) is 12.7. The highest BCUT2D eigenvalue weighted by Crippen LogP contribution is 2.53. The fourth-order valence-corrected chi connectivity index (χ4v) is 13.8. The van der Waals surface area contributed by atoms with Gasteiger partial charge in [0.25, 0.3) is 0 Å². The predicted molar refractivity (Wildman–Crippen MR) is 175 cm³/mol. The maximum absolute atomic E-state index is 2.53. The van der Waals surface area contributed by atoms with Gasteiger partial charge in [0, 0.05) is 0 Å². The normalized spacial score (nSPS) is 22.9. The van der Waals surface area contributed by atoms with E-state index in [0.29, 0.717) is 11.5 Å². The Morgan fingerprint density at radius 1 is 0.475 bits per heavy atom. The molecule has 0 aromatic heterocycles. The van der Waals surface area contributed by atoms with Crippen molar-refractivity contribution in [1.29, 1.82) is 0 Å². The number of allylic oxidation sites excluding steroid dienone is 8. The molecular weight excluding hydrogens is 497 g/mol. The van der Waals surface area contributed by atoms with Gasteiger partial charge >= 0.3 is 0 Å². The summed E-state index contributed by atoms with van der Waals surface area (Å²) in [6.07, 6.45) is 23.0. The van der Waals surface area contributed by atoms with Crippen molar-refractivity contribution in [2.75, 3.05) is 0 Å². The lowest BCUT2D eigenvalue weighted by Gasteiger charge is -2.44. The summed E-state index contributed by atoms with van der Waals surface area (Å²) in [5.41, 5.74) is 4.89. The molecule has 3 aliphatic rings. The van der Waals surface area contributed by atoms with Gasteiger partial charge in [0.05, 0.1) is 0 Å². The Bertz CT molecular complexity index is 1430. The molecule has 0 bridgehead atoms. The van der Waals surface area contributed by atoms with E-state index < -0.39 is 8.07 Å². The number of hydrogen-bond acceptors (Lipinski definition) is 0. The molecule has 2 atom stereocenters. The topological polar surface area (TPSA) is 0 Å². The Labute approximate surface area is 241 Å². The standard InChI is InChI=1S/C39H40Si/c1-2-5-17-27-35-34(26-16-4-1)36-28-18-6-3-7-20-30-38(36)40(32-22-12-10-13-23-32,33-24-14-11-15-25-33)39-31-21-9-8-19-29-37(35)39/h1-2,4-5,8-17,19,21-27,29,31,36,38H,3,6-7,18,20,28,30H2/b2-1?,4-1?,5-2?,9-8?,16-4?,17-5?,19-8?,21-9?,26-16?,27-17?,29-19?,31-21?,34-26?,35-27?,37-29?,39-31+. The van der Waals surface area contributed by atoms with Crippen LogP contribution in [-0.2, 0) is 0 Å². The minimum atomic E-state index is -2.53. The highest BCUT2D eigenvalue weighted by Gasteiger charge is 2.53. The van der Waals surface area contributed by atoms with Gasteiger partial charge in [0.2, 0.25) is 0 Å². The summed E-state index contributed by atoms with van der Waals surface area (Å²) < 4.78 is 0. The number of fused-ring (bicyclic) bond motifs is 5. The monoisotopic (exact) mass is 536 g/mol. The molecule has 1 aliphatic heterocycles. The smallest absolute Gasteiger partial charge is 0.0624 e. The summed E-state index contributed by atoms with van der Waals surface area (Å²) in [6, 6.07) is 41.3. The van der Waals surface area contributed by atoms with Crippen LogP contribution >= 0.6 is 0 Å². The van der Waals surface area contributed by atoms with Gasteiger partial charge in [-0.05, 0) is 50.1 Å². The molecule has 0 radical (unpaired) electrons. The third-order valence-corrected chi connectivity index (χ3v) is 14.8. The Balaban J connectivity index is 1.79. The first-order valence-electron chi connectivity index (χ1n) is 15.2. The highest BCUT2D eigenvalue weighted by atomic mass is 28.3. The van der Waals surface area contributed by atoms with E-state index in [1.165, 1.54) is 61.6 Å². The zero-order chi connectivity index (χ0) is 27.0. The summed E-state index contributed by atoms with van der Waals surface area (Å²) >= 11 is 0. The van der Waals surface area contributed by atoms with Crippen molar-refractivity contribution in [1.82, 2.24) is 0 Å². The first-order valence-corrected chi connectivity index (χ1v) is 17.3. The summed E-state index contributed by atoms with van der Waals surface area (Å²) in [4.78, 5) is 0. The lowest BCUT2D eigenvalue weighted by molar-refractivity contribution is 0.531. The second-order valence-corrected chi connectivity index (χ2v) is 15.4. The fourth-order valence-electron chi connectivity index (χ4n) is 7.57. The first-order chi connectivity index (χ1) is 19.9. The van der Waals surface area contributed by atoms with E-state index >= 15 is 0 Å². The van der Waals surface area contributed by atoms with Crippen LogP contribution in [0.25, 0.3) is 5.57 Å². The molecule has 2 unspecified atom stereocenters. The Morgan fingerprint density at radius 2 is 1.00 bits per heavy atom. The van der Waals surface area contributed by atoms with Gasteiger partial charge in [0.1, 0.15) is 0 Å². The maximum Gasteiger partial charge on any atom is 0.152 e. The molecule has 0 saturated heterocycles. The van der Waals surface area contributed by atoms with Crippen LogP contribution in [0.1, 0.15) is 62.0 Å². The van der Waals surface area contributed by atoms with Crippen molar-refractivity contribution in [3.63, 3.8) is 0 Å². The second-order valence-electron chi connectivity index (χ2n) is 11.4. The summed E-state index contributed by atoms with van der Waals surface area (Å²) in [5.74, 6) is 0.501. The SMILES string of the molecule is C1=CC=C2/C(=C\C=C1)[Si](c1ccccc1)(c1ccccc1)C1CCCCCCCC1c1ccccccccc12. The highest BCUT2D eigenvalue weighted by molar-refractivity contribution is 7.10. The molecule has 1 heteroatoms. The van der Waals surface area contributed by atoms with Crippen LogP contribution in [0.3, 0.4) is 0 Å². The van der Waals surface area contributed by atoms with Gasteiger partial charge in [-0.1, -0.05) is 184 Å². The van der Waals surface area contributed by atoms with Crippen LogP contribution in [0.15, 0.2) is 151 Å². The van der Waals surface area contributed by atoms with E-state index in [9.17, 15) is 0 Å². The van der Waals surface area contributed by atoms with Crippen LogP contribution in [0.5, 0.6) is 0 Å². The van der Waals surface area contributed by atoms with Crippen molar-refractivity contribution in [3.05, 3.63) is 162 Å². The van der Waals surface area contributed by atoms with Gasteiger partial charge in [-0.25, -0.2) is 0 Å². The Morgan fingerprint density at radius 3 is 1.70 bits per heavy atom. The third-order valence-electron chi connectivity index (χ3n) is 9.20. The average molecular weight is 537 g/mol. The summed E-state index contributed by atoms with van der Waals surface area (Å²) in [5, 5.41) is 4.64. The van der Waals surface area contributed by atoms with Gasteiger partial charge < -0.3 is 0 Å². The number of rotatable bonds is 2. The first kappa shape index (κ1) is 26.5. The van der Waals surface area contributed by atoms with Gasteiger partial charge in [-0.2, -0.15) is 0 Å². The fraction of sp³-hybridized carbons (Fsp3) is 0.231. The minimum Gasteiger partial charge on any atom is -0.0624 e. The molecule has 0 amide bonds. The third kappa shape index (κ3) is 5.11. The quantitative estimate of drug-likeness (QED) is 0.286. The Hall–Kier alpha value is -3.68. The molecule has 0 spiro atoms. The van der Waals surface area contributed by atoms with E-state index in [-0.39, 0.29) is 0 Å². The van der Waals surface area contributed by atoms with Gasteiger partial charge in [0.15, 0.2) is 8.07 Å². The number of benzene rings is 2. The van der Waals surface area contributed by atoms with E-state index in [1.54, 1.807) is 15.6 Å². The minimum absolute atomic E-state index is 0.501. The number of hydrogen-bond donors (Lipinski definition) is 0. The van der Waals surface area contributed by atoms with Gasteiger partial charge in [-0.15, -0.1) is 0 Å². The molecule has 1 heterocycles. The zero-order valence-electron chi connectivity index (χ0n) is 23.5. The van der Waals surface area contributed by atoms with Crippen molar-refractivity contribution in [2.24, 2.45) is 0 Å². The Kier molecular flexibility index (Phi) is 8.40. The molecule has 0 nitrogen and oxygen atoms in total. The van der Waals surface area contributed by atoms with E-state index in [2.05, 4.69) is 146 Å². The molecule has 0 N–H and O–H groups in total. The van der Waals surface area contributed by atoms with Crippen LogP contribution in [0.4, 0.5) is 0 Å².